The van der Waals surface area contributed by atoms with Crippen molar-refractivity contribution in [1.82, 2.24) is 20.6 Å². The highest BCUT2D eigenvalue weighted by Gasteiger charge is 2.18. The summed E-state index contributed by atoms with van der Waals surface area (Å²) in [5, 5.41) is 15.2. The summed E-state index contributed by atoms with van der Waals surface area (Å²) in [7, 11) is 0. The second-order valence-electron chi connectivity index (χ2n) is 7.97. The molecule has 0 fully saturated rings. The fourth-order valence-electron chi connectivity index (χ4n) is 3.62. The minimum Gasteiger partial charge on any atom is -0.481 e. The predicted octanol–water partition coefficient (Wildman–Crippen LogP) is 2.93. The SMILES string of the molecule is Cc1ncc(C(CCCCCCC(=O)NC2=N[C@@H](C)C[C@H](C)N2)CC(=O)O)cn1. The maximum Gasteiger partial charge on any atom is 0.303 e. The second-order valence-corrected chi connectivity index (χ2v) is 7.97. The fraction of sp³-hybridized carbons (Fsp3) is 0.667. The van der Waals surface area contributed by atoms with Gasteiger partial charge in [-0.3, -0.25) is 14.9 Å². The summed E-state index contributed by atoms with van der Waals surface area (Å²) in [4.78, 5) is 36.0. The van der Waals surface area contributed by atoms with E-state index in [4.69, 9.17) is 5.11 Å². The number of aliphatic imine (C=N–C) groups is 1. The van der Waals surface area contributed by atoms with Gasteiger partial charge in [0.25, 0.3) is 0 Å². The number of carbonyl (C=O) groups is 2. The number of nitrogens with one attached hydrogen (secondary N) is 2. The van der Waals surface area contributed by atoms with Crippen LogP contribution in [0.3, 0.4) is 0 Å². The van der Waals surface area contributed by atoms with Crippen LogP contribution in [0, 0.1) is 6.92 Å². The van der Waals surface area contributed by atoms with Crippen molar-refractivity contribution in [1.29, 1.82) is 0 Å². The number of aryl methyl sites for hydroxylation is 1. The normalized spacial score (nSPS) is 19.8. The highest BCUT2D eigenvalue weighted by molar-refractivity contribution is 5.97. The molecule has 1 aliphatic rings. The fourth-order valence-corrected chi connectivity index (χ4v) is 3.62. The Balaban J connectivity index is 1.66. The van der Waals surface area contributed by atoms with E-state index in [0.29, 0.717) is 24.2 Å². The van der Waals surface area contributed by atoms with E-state index < -0.39 is 5.97 Å². The third kappa shape index (κ3) is 8.58. The molecule has 0 spiro atoms. The Hall–Kier alpha value is -2.51. The Morgan fingerprint density at radius 3 is 2.55 bits per heavy atom. The number of rotatable bonds is 10. The van der Waals surface area contributed by atoms with Crippen LogP contribution >= 0.6 is 0 Å². The van der Waals surface area contributed by atoms with Gasteiger partial charge in [0, 0.05) is 24.9 Å². The first-order chi connectivity index (χ1) is 13.8. The zero-order valence-electron chi connectivity index (χ0n) is 17.6. The van der Waals surface area contributed by atoms with Gasteiger partial charge in [-0.2, -0.15) is 0 Å². The first kappa shape index (κ1) is 22.8. The zero-order valence-corrected chi connectivity index (χ0v) is 17.6. The minimum atomic E-state index is -0.810. The molecule has 0 aromatic carbocycles. The summed E-state index contributed by atoms with van der Waals surface area (Å²) in [6, 6.07) is 0.537. The summed E-state index contributed by atoms with van der Waals surface area (Å²) >= 11 is 0. The number of carbonyl (C=O) groups excluding carboxylic acids is 1. The van der Waals surface area contributed by atoms with E-state index in [9.17, 15) is 9.59 Å². The average molecular weight is 404 g/mol. The number of carboxylic acid groups (broad SMARTS) is 1. The molecule has 0 bridgehead atoms. The topological polar surface area (TPSA) is 117 Å². The highest BCUT2D eigenvalue weighted by atomic mass is 16.4. The molecule has 8 nitrogen and oxygen atoms in total. The molecule has 3 atom stereocenters. The number of amides is 1. The van der Waals surface area contributed by atoms with Crippen molar-refractivity contribution >= 4 is 17.8 Å². The van der Waals surface area contributed by atoms with Gasteiger partial charge in [-0.25, -0.2) is 15.0 Å². The molecule has 3 N–H and O–H groups in total. The maximum atomic E-state index is 12.1. The monoisotopic (exact) mass is 403 g/mol. The molecular formula is C21H33N5O3. The first-order valence-electron chi connectivity index (χ1n) is 10.5. The van der Waals surface area contributed by atoms with E-state index in [2.05, 4.69) is 32.5 Å². The third-order valence-electron chi connectivity index (χ3n) is 5.08. The molecule has 0 aliphatic carbocycles. The lowest BCUT2D eigenvalue weighted by molar-refractivity contribution is -0.137. The number of hydrogen-bond acceptors (Lipinski definition) is 6. The molecule has 0 saturated heterocycles. The van der Waals surface area contributed by atoms with Crippen LogP contribution in [0.2, 0.25) is 0 Å². The van der Waals surface area contributed by atoms with Crippen LogP contribution in [0.5, 0.6) is 0 Å². The summed E-state index contributed by atoms with van der Waals surface area (Å²) in [5.74, 6) is 0.362. The average Bonchev–Trinajstić information content (AvgIpc) is 2.63. The van der Waals surface area contributed by atoms with Crippen LogP contribution in [0.25, 0.3) is 0 Å². The van der Waals surface area contributed by atoms with Gasteiger partial charge in [0.1, 0.15) is 5.82 Å². The Kier molecular flexibility index (Phi) is 9.02. The summed E-state index contributed by atoms with van der Waals surface area (Å²) < 4.78 is 0. The smallest absolute Gasteiger partial charge is 0.303 e. The van der Waals surface area contributed by atoms with Gasteiger partial charge in [-0.1, -0.05) is 19.3 Å². The molecule has 0 saturated carbocycles. The van der Waals surface area contributed by atoms with Crippen LogP contribution in [-0.2, 0) is 9.59 Å². The minimum absolute atomic E-state index is 0.0156. The van der Waals surface area contributed by atoms with E-state index in [0.717, 1.165) is 44.1 Å². The summed E-state index contributed by atoms with van der Waals surface area (Å²) in [6.07, 6.45) is 9.37. The van der Waals surface area contributed by atoms with Crippen LogP contribution in [0.15, 0.2) is 17.4 Å². The van der Waals surface area contributed by atoms with E-state index in [1.54, 1.807) is 12.4 Å². The van der Waals surface area contributed by atoms with Crippen LogP contribution < -0.4 is 10.6 Å². The zero-order chi connectivity index (χ0) is 21.2. The van der Waals surface area contributed by atoms with Gasteiger partial charge in [0.05, 0.1) is 12.5 Å². The highest BCUT2D eigenvalue weighted by Crippen LogP contribution is 2.25. The van der Waals surface area contributed by atoms with E-state index in [1.807, 2.05) is 13.8 Å². The van der Waals surface area contributed by atoms with Crippen molar-refractivity contribution in [2.24, 2.45) is 4.99 Å². The standard InChI is InChI=1S/C21H33N5O3/c1-14-10-15(2)25-21(24-14)26-19(27)9-7-5-4-6-8-17(11-20(28)29)18-12-22-16(3)23-13-18/h12-15,17H,4-11H2,1-3H3,(H,28,29)(H2,24,25,26,27)/t14-,15-,17?/m0/s1. The number of aromatic nitrogens is 2. The van der Waals surface area contributed by atoms with Crippen LogP contribution in [-0.4, -0.2) is 45.0 Å². The molecule has 0 radical (unpaired) electrons. The lowest BCUT2D eigenvalue weighted by Crippen LogP contribution is -2.49. The molecule has 1 amide bonds. The Labute approximate surface area is 172 Å². The van der Waals surface area contributed by atoms with Crippen molar-refractivity contribution in [3.05, 3.63) is 23.8 Å². The Bertz CT molecular complexity index is 705. The van der Waals surface area contributed by atoms with Crippen LogP contribution in [0.4, 0.5) is 0 Å². The number of aliphatic carboxylic acids is 1. The van der Waals surface area contributed by atoms with Gasteiger partial charge in [-0.15, -0.1) is 0 Å². The Morgan fingerprint density at radius 1 is 1.21 bits per heavy atom. The van der Waals surface area contributed by atoms with Crippen molar-refractivity contribution in [3.8, 4) is 0 Å². The van der Waals surface area contributed by atoms with Crippen molar-refractivity contribution < 1.29 is 14.7 Å². The maximum absolute atomic E-state index is 12.1. The molecule has 1 unspecified atom stereocenters. The summed E-state index contributed by atoms with van der Waals surface area (Å²) in [5.41, 5.74) is 0.876. The number of hydrogen-bond donors (Lipinski definition) is 3. The Morgan fingerprint density at radius 2 is 1.90 bits per heavy atom. The number of carboxylic acids is 1. The summed E-state index contributed by atoms with van der Waals surface area (Å²) in [6.45, 7) is 5.94. The molecule has 8 heteroatoms. The number of guanidine groups is 1. The van der Waals surface area contributed by atoms with Crippen molar-refractivity contribution in [2.45, 2.75) is 90.1 Å². The predicted molar refractivity (Wildman–Crippen MR) is 112 cm³/mol. The lowest BCUT2D eigenvalue weighted by Gasteiger charge is -2.25. The number of nitrogens with zero attached hydrogens (tertiary/aromatic N) is 3. The lowest BCUT2D eigenvalue weighted by atomic mass is 9.92. The molecule has 2 rings (SSSR count). The van der Waals surface area contributed by atoms with Gasteiger partial charge >= 0.3 is 5.97 Å². The van der Waals surface area contributed by atoms with Gasteiger partial charge in [-0.05, 0) is 51.5 Å². The van der Waals surface area contributed by atoms with Gasteiger partial charge < -0.3 is 10.4 Å². The quantitative estimate of drug-likeness (QED) is 0.517. The van der Waals surface area contributed by atoms with Gasteiger partial charge in [0.2, 0.25) is 5.91 Å². The molecule has 1 aliphatic heterocycles. The third-order valence-corrected chi connectivity index (χ3v) is 5.08. The van der Waals surface area contributed by atoms with E-state index in [-0.39, 0.29) is 24.3 Å². The largest absolute Gasteiger partial charge is 0.481 e. The van der Waals surface area contributed by atoms with Crippen molar-refractivity contribution in [2.75, 3.05) is 0 Å². The number of unbranched alkanes of at least 4 members (excludes halogenated alkanes) is 3. The molecule has 29 heavy (non-hydrogen) atoms. The molecular weight excluding hydrogens is 370 g/mol. The molecule has 1 aromatic heterocycles. The molecule has 1 aromatic rings. The molecule has 2 heterocycles. The second kappa shape index (κ2) is 11.5. The van der Waals surface area contributed by atoms with Crippen molar-refractivity contribution in [3.63, 3.8) is 0 Å². The van der Waals surface area contributed by atoms with Gasteiger partial charge in [0.15, 0.2) is 5.96 Å². The van der Waals surface area contributed by atoms with E-state index >= 15 is 0 Å². The van der Waals surface area contributed by atoms with Crippen LogP contribution in [0.1, 0.15) is 82.5 Å². The first-order valence-corrected chi connectivity index (χ1v) is 10.5. The van der Waals surface area contributed by atoms with E-state index in [1.165, 1.54) is 0 Å². The molecule has 160 valence electrons.